The normalized spacial score (nSPS) is 10.8. The maximum Gasteiger partial charge on any atom is 0.278 e. The highest BCUT2D eigenvalue weighted by molar-refractivity contribution is 6.02. The summed E-state index contributed by atoms with van der Waals surface area (Å²) >= 11 is 0. The van der Waals surface area contributed by atoms with E-state index < -0.39 is 5.91 Å². The second-order valence-electron chi connectivity index (χ2n) is 5.85. The minimum atomic E-state index is -0.396. The van der Waals surface area contributed by atoms with E-state index in [0.29, 0.717) is 18.0 Å². The van der Waals surface area contributed by atoms with Crippen LogP contribution in [0.4, 0.5) is 5.95 Å². The van der Waals surface area contributed by atoms with Crippen LogP contribution in [0, 0.1) is 6.92 Å². The number of H-pyrrole nitrogens is 1. The Labute approximate surface area is 148 Å². The number of nitrogens with zero attached hydrogens (tertiary/aromatic N) is 4. The van der Waals surface area contributed by atoms with Gasteiger partial charge in [0, 0.05) is 6.07 Å². The van der Waals surface area contributed by atoms with E-state index in [1.54, 1.807) is 35.5 Å². The Morgan fingerprint density at radius 2 is 2.12 bits per heavy atom. The lowest BCUT2D eigenvalue weighted by Crippen LogP contribution is -2.14. The standard InChI is InChI=1S/C18H16N6O2/c1-12-4-6-13(7-5-12)10-24-11-19-18(23-24)20-17(25)15-9-14(21-22-15)16-3-2-8-26-16/h2-9,11H,10H2,1H3,(H,21,22)(H,20,23,25). The molecular formula is C18H16N6O2. The topological polar surface area (TPSA) is 102 Å². The first-order chi connectivity index (χ1) is 12.7. The maximum absolute atomic E-state index is 12.3. The van der Waals surface area contributed by atoms with Crippen LogP contribution in [-0.4, -0.2) is 30.9 Å². The van der Waals surface area contributed by atoms with Crippen LogP contribution in [-0.2, 0) is 6.54 Å². The fourth-order valence-corrected chi connectivity index (χ4v) is 2.47. The molecule has 3 heterocycles. The molecule has 4 rings (SSSR count). The van der Waals surface area contributed by atoms with E-state index in [-0.39, 0.29) is 11.6 Å². The van der Waals surface area contributed by atoms with Crippen molar-refractivity contribution in [3.05, 3.63) is 71.9 Å². The molecule has 0 saturated carbocycles. The number of nitrogens with one attached hydrogen (secondary N) is 2. The molecule has 0 aliphatic rings. The van der Waals surface area contributed by atoms with Gasteiger partial charge in [0.05, 0.1) is 12.8 Å². The number of aryl methyl sites for hydroxylation is 1. The van der Waals surface area contributed by atoms with E-state index in [1.807, 2.05) is 31.2 Å². The summed E-state index contributed by atoms with van der Waals surface area (Å²) in [6.07, 6.45) is 3.13. The fraction of sp³-hybridized carbons (Fsp3) is 0.111. The van der Waals surface area contributed by atoms with Gasteiger partial charge in [-0.1, -0.05) is 29.8 Å². The highest BCUT2D eigenvalue weighted by atomic mass is 16.3. The van der Waals surface area contributed by atoms with E-state index in [2.05, 4.69) is 25.6 Å². The molecule has 0 aliphatic carbocycles. The molecule has 2 N–H and O–H groups in total. The van der Waals surface area contributed by atoms with Crippen LogP contribution in [0.15, 0.2) is 59.5 Å². The molecule has 0 spiro atoms. The number of carbonyl (C=O) groups is 1. The average molecular weight is 348 g/mol. The molecule has 0 radical (unpaired) electrons. The largest absolute Gasteiger partial charge is 0.463 e. The SMILES string of the molecule is Cc1ccc(Cn2cnc(NC(=O)c3cc(-c4ccco4)[nH]n3)n2)cc1. The number of amides is 1. The van der Waals surface area contributed by atoms with E-state index in [0.717, 1.165) is 5.56 Å². The summed E-state index contributed by atoms with van der Waals surface area (Å²) in [4.78, 5) is 16.4. The van der Waals surface area contributed by atoms with Crippen LogP contribution in [0.3, 0.4) is 0 Å². The molecule has 3 aromatic heterocycles. The van der Waals surface area contributed by atoms with Crippen molar-refractivity contribution in [2.24, 2.45) is 0 Å². The number of rotatable bonds is 5. The van der Waals surface area contributed by atoms with Crippen LogP contribution < -0.4 is 5.32 Å². The third kappa shape index (κ3) is 3.39. The Bertz CT molecular complexity index is 1010. The molecule has 1 aromatic carbocycles. The van der Waals surface area contributed by atoms with Crippen molar-refractivity contribution in [2.75, 3.05) is 5.32 Å². The van der Waals surface area contributed by atoms with Gasteiger partial charge in [0.1, 0.15) is 12.0 Å². The first kappa shape index (κ1) is 15.8. The van der Waals surface area contributed by atoms with Crippen LogP contribution in [0.25, 0.3) is 11.5 Å². The Morgan fingerprint density at radius 1 is 1.27 bits per heavy atom. The van der Waals surface area contributed by atoms with Crippen molar-refractivity contribution in [1.82, 2.24) is 25.0 Å². The molecule has 0 aliphatic heterocycles. The van der Waals surface area contributed by atoms with Gasteiger partial charge < -0.3 is 4.42 Å². The van der Waals surface area contributed by atoms with Crippen molar-refractivity contribution in [3.8, 4) is 11.5 Å². The lowest BCUT2D eigenvalue weighted by atomic mass is 10.1. The summed E-state index contributed by atoms with van der Waals surface area (Å²) in [5.41, 5.74) is 3.16. The monoisotopic (exact) mass is 348 g/mol. The molecule has 1 amide bonds. The van der Waals surface area contributed by atoms with Crippen LogP contribution in [0.2, 0.25) is 0 Å². The van der Waals surface area contributed by atoms with Gasteiger partial charge in [-0.25, -0.2) is 9.67 Å². The average Bonchev–Trinajstić information content (AvgIpc) is 3.38. The van der Waals surface area contributed by atoms with Crippen molar-refractivity contribution >= 4 is 11.9 Å². The second kappa shape index (κ2) is 6.67. The van der Waals surface area contributed by atoms with Crippen molar-refractivity contribution in [2.45, 2.75) is 13.5 Å². The molecule has 0 bridgehead atoms. The zero-order valence-electron chi connectivity index (χ0n) is 14.0. The van der Waals surface area contributed by atoms with Crippen molar-refractivity contribution in [1.29, 1.82) is 0 Å². The number of benzene rings is 1. The minimum absolute atomic E-state index is 0.227. The third-order valence-corrected chi connectivity index (χ3v) is 3.82. The number of aromatic amines is 1. The predicted octanol–water partition coefficient (Wildman–Crippen LogP) is 2.87. The van der Waals surface area contributed by atoms with E-state index in [9.17, 15) is 4.79 Å². The van der Waals surface area contributed by atoms with E-state index in [4.69, 9.17) is 4.42 Å². The van der Waals surface area contributed by atoms with Gasteiger partial charge in [-0.2, -0.15) is 5.10 Å². The predicted molar refractivity (Wildman–Crippen MR) is 94.5 cm³/mol. The molecule has 0 fully saturated rings. The summed E-state index contributed by atoms with van der Waals surface area (Å²) in [7, 11) is 0. The first-order valence-corrected chi connectivity index (χ1v) is 8.03. The lowest BCUT2D eigenvalue weighted by molar-refractivity contribution is 0.102. The number of hydrogen-bond donors (Lipinski definition) is 2. The third-order valence-electron chi connectivity index (χ3n) is 3.82. The number of carbonyl (C=O) groups excluding carboxylic acids is 1. The van der Waals surface area contributed by atoms with Gasteiger partial charge >= 0.3 is 0 Å². The summed E-state index contributed by atoms with van der Waals surface area (Å²) in [6, 6.07) is 13.3. The molecule has 130 valence electrons. The molecule has 0 saturated heterocycles. The molecule has 4 aromatic rings. The van der Waals surface area contributed by atoms with Gasteiger partial charge in [0.2, 0.25) is 5.95 Å². The Kier molecular flexibility index (Phi) is 4.06. The number of anilines is 1. The van der Waals surface area contributed by atoms with Gasteiger partial charge in [-0.3, -0.25) is 15.2 Å². The van der Waals surface area contributed by atoms with Crippen LogP contribution >= 0.6 is 0 Å². The molecular weight excluding hydrogens is 332 g/mol. The molecule has 26 heavy (non-hydrogen) atoms. The van der Waals surface area contributed by atoms with Gasteiger partial charge in [0.25, 0.3) is 5.91 Å². The zero-order chi connectivity index (χ0) is 17.9. The van der Waals surface area contributed by atoms with E-state index in [1.165, 1.54) is 5.56 Å². The second-order valence-corrected chi connectivity index (χ2v) is 5.85. The van der Waals surface area contributed by atoms with Crippen LogP contribution in [0.5, 0.6) is 0 Å². The molecule has 8 nitrogen and oxygen atoms in total. The summed E-state index contributed by atoms with van der Waals surface area (Å²) in [5.74, 6) is 0.439. The number of furan rings is 1. The summed E-state index contributed by atoms with van der Waals surface area (Å²) in [6.45, 7) is 2.62. The maximum atomic E-state index is 12.3. The Hall–Kier alpha value is -3.68. The fourth-order valence-electron chi connectivity index (χ4n) is 2.47. The first-order valence-electron chi connectivity index (χ1n) is 8.03. The van der Waals surface area contributed by atoms with Crippen molar-refractivity contribution in [3.63, 3.8) is 0 Å². The number of aromatic nitrogens is 5. The smallest absolute Gasteiger partial charge is 0.278 e. The Balaban J connectivity index is 1.42. The highest BCUT2D eigenvalue weighted by Crippen LogP contribution is 2.18. The van der Waals surface area contributed by atoms with Gasteiger partial charge in [0.15, 0.2) is 11.5 Å². The molecule has 0 atom stereocenters. The quantitative estimate of drug-likeness (QED) is 0.577. The van der Waals surface area contributed by atoms with E-state index >= 15 is 0 Å². The van der Waals surface area contributed by atoms with Crippen LogP contribution in [0.1, 0.15) is 21.6 Å². The summed E-state index contributed by atoms with van der Waals surface area (Å²) < 4.78 is 6.93. The Morgan fingerprint density at radius 3 is 2.88 bits per heavy atom. The minimum Gasteiger partial charge on any atom is -0.463 e. The molecule has 0 unspecified atom stereocenters. The molecule has 8 heteroatoms. The number of hydrogen-bond acceptors (Lipinski definition) is 5. The summed E-state index contributed by atoms with van der Waals surface area (Å²) in [5, 5.41) is 13.7. The van der Waals surface area contributed by atoms with Crippen molar-refractivity contribution < 1.29 is 9.21 Å². The highest BCUT2D eigenvalue weighted by Gasteiger charge is 2.14. The zero-order valence-corrected chi connectivity index (χ0v) is 14.0. The van der Waals surface area contributed by atoms with Gasteiger partial charge in [-0.05, 0) is 24.6 Å². The van der Waals surface area contributed by atoms with Gasteiger partial charge in [-0.15, -0.1) is 5.10 Å². The lowest BCUT2D eigenvalue weighted by Gasteiger charge is -2.01.